The van der Waals surface area contributed by atoms with E-state index < -0.39 is 11.5 Å². The second-order valence-electron chi connectivity index (χ2n) is 5.95. The van der Waals surface area contributed by atoms with Crippen molar-refractivity contribution in [2.75, 3.05) is 13.2 Å². The van der Waals surface area contributed by atoms with Crippen LogP contribution in [-0.4, -0.2) is 34.7 Å². The predicted octanol–water partition coefficient (Wildman–Crippen LogP) is 3.30. The summed E-state index contributed by atoms with van der Waals surface area (Å²) in [6, 6.07) is 7.99. The summed E-state index contributed by atoms with van der Waals surface area (Å²) in [6.07, 6.45) is 3.77. The topological polar surface area (TPSA) is 49.8 Å². The average molecular weight is 291 g/mol. The van der Waals surface area contributed by atoms with Gasteiger partial charge in [0.25, 0.3) is 0 Å². The molecule has 0 aliphatic carbocycles. The van der Waals surface area contributed by atoms with Gasteiger partial charge in [-0.05, 0) is 56.8 Å². The van der Waals surface area contributed by atoms with Gasteiger partial charge in [-0.3, -0.25) is 9.69 Å². The summed E-state index contributed by atoms with van der Waals surface area (Å²) in [7, 11) is 0. The summed E-state index contributed by atoms with van der Waals surface area (Å²) in [5.74, 6) is 0.158. The van der Waals surface area contributed by atoms with Crippen molar-refractivity contribution < 1.29 is 14.6 Å². The molecule has 116 valence electrons. The van der Waals surface area contributed by atoms with Crippen molar-refractivity contribution in [3.63, 3.8) is 0 Å². The Morgan fingerprint density at radius 3 is 2.67 bits per heavy atom. The lowest BCUT2D eigenvalue weighted by atomic mass is 9.88. The van der Waals surface area contributed by atoms with Crippen LogP contribution in [0.3, 0.4) is 0 Å². The van der Waals surface area contributed by atoms with Crippen LogP contribution < -0.4 is 4.74 Å². The highest BCUT2D eigenvalue weighted by molar-refractivity contribution is 5.78. The van der Waals surface area contributed by atoms with Crippen LogP contribution in [0.25, 0.3) is 0 Å². The fourth-order valence-electron chi connectivity index (χ4n) is 2.80. The van der Waals surface area contributed by atoms with Crippen LogP contribution in [0.4, 0.5) is 0 Å². The number of hydrogen-bond donors (Lipinski definition) is 1. The van der Waals surface area contributed by atoms with Gasteiger partial charge in [0, 0.05) is 6.54 Å². The van der Waals surface area contributed by atoms with Crippen LogP contribution in [0, 0.1) is 0 Å². The van der Waals surface area contributed by atoms with E-state index in [0.717, 1.165) is 50.1 Å². The third-order valence-corrected chi connectivity index (χ3v) is 4.27. The number of aliphatic carboxylic acids is 1. The first kappa shape index (κ1) is 15.8. The van der Waals surface area contributed by atoms with E-state index in [2.05, 4.69) is 11.8 Å². The largest absolute Gasteiger partial charge is 0.494 e. The van der Waals surface area contributed by atoms with E-state index in [1.54, 1.807) is 0 Å². The number of carbonyl (C=O) groups is 1. The maximum Gasteiger partial charge on any atom is 0.323 e. The fourth-order valence-corrected chi connectivity index (χ4v) is 2.80. The lowest BCUT2D eigenvalue weighted by Crippen LogP contribution is -2.54. The number of hydrogen-bond acceptors (Lipinski definition) is 3. The van der Waals surface area contributed by atoms with Crippen LogP contribution in [0.1, 0.15) is 45.1 Å². The molecule has 0 bridgehead atoms. The van der Waals surface area contributed by atoms with Crippen LogP contribution in [0.15, 0.2) is 24.3 Å². The van der Waals surface area contributed by atoms with Gasteiger partial charge in [-0.25, -0.2) is 0 Å². The molecule has 1 saturated heterocycles. The highest BCUT2D eigenvalue weighted by Crippen LogP contribution is 2.30. The van der Waals surface area contributed by atoms with Crippen molar-refractivity contribution in [3.8, 4) is 5.75 Å². The number of ether oxygens (including phenoxy) is 1. The Hall–Kier alpha value is -1.55. The molecule has 0 amide bonds. The number of carboxylic acid groups (broad SMARTS) is 1. The van der Waals surface area contributed by atoms with E-state index in [1.165, 1.54) is 0 Å². The highest BCUT2D eigenvalue weighted by Gasteiger charge is 2.41. The number of benzene rings is 1. The quantitative estimate of drug-likeness (QED) is 0.873. The molecule has 4 heteroatoms. The molecular weight excluding hydrogens is 266 g/mol. The number of carboxylic acids is 1. The van der Waals surface area contributed by atoms with Crippen molar-refractivity contribution in [2.24, 2.45) is 0 Å². The molecule has 1 aromatic carbocycles. The van der Waals surface area contributed by atoms with E-state index in [0.29, 0.717) is 6.54 Å². The second kappa shape index (κ2) is 6.94. The van der Waals surface area contributed by atoms with Gasteiger partial charge in [-0.15, -0.1) is 0 Å². The van der Waals surface area contributed by atoms with Gasteiger partial charge < -0.3 is 9.84 Å². The molecule has 0 radical (unpaired) electrons. The molecule has 1 heterocycles. The van der Waals surface area contributed by atoms with Crippen LogP contribution in [0.5, 0.6) is 5.75 Å². The van der Waals surface area contributed by atoms with Crippen molar-refractivity contribution in [2.45, 2.75) is 51.6 Å². The Morgan fingerprint density at radius 1 is 1.33 bits per heavy atom. The van der Waals surface area contributed by atoms with E-state index in [-0.39, 0.29) is 0 Å². The molecule has 1 atom stereocenters. The Bertz CT molecular complexity index is 471. The summed E-state index contributed by atoms with van der Waals surface area (Å²) >= 11 is 0. The highest BCUT2D eigenvalue weighted by atomic mass is 16.5. The van der Waals surface area contributed by atoms with Crippen molar-refractivity contribution in [3.05, 3.63) is 29.8 Å². The lowest BCUT2D eigenvalue weighted by Gasteiger charge is -2.41. The normalized spacial score (nSPS) is 23.0. The van der Waals surface area contributed by atoms with E-state index >= 15 is 0 Å². The van der Waals surface area contributed by atoms with Gasteiger partial charge in [0.2, 0.25) is 0 Å². The summed E-state index contributed by atoms with van der Waals surface area (Å²) < 4.78 is 5.57. The molecule has 2 rings (SSSR count). The summed E-state index contributed by atoms with van der Waals surface area (Å²) in [6.45, 7) is 6.17. The number of nitrogens with zero attached hydrogens (tertiary/aromatic N) is 1. The maximum atomic E-state index is 11.6. The van der Waals surface area contributed by atoms with Gasteiger partial charge in [-0.2, -0.15) is 0 Å². The third-order valence-electron chi connectivity index (χ3n) is 4.27. The number of likely N-dealkylation sites (tertiary alicyclic amines) is 1. The molecule has 1 N–H and O–H groups in total. The molecule has 4 nitrogen and oxygen atoms in total. The van der Waals surface area contributed by atoms with Gasteiger partial charge in [0.1, 0.15) is 11.3 Å². The zero-order valence-corrected chi connectivity index (χ0v) is 13.0. The first-order valence-electron chi connectivity index (χ1n) is 7.76. The van der Waals surface area contributed by atoms with Gasteiger partial charge >= 0.3 is 5.97 Å². The summed E-state index contributed by atoms with van der Waals surface area (Å²) in [5, 5.41) is 9.53. The Balaban J connectivity index is 2.04. The third kappa shape index (κ3) is 3.76. The number of rotatable bonds is 6. The molecule has 0 spiro atoms. The lowest BCUT2D eigenvalue weighted by molar-refractivity contribution is -0.153. The summed E-state index contributed by atoms with van der Waals surface area (Å²) in [4.78, 5) is 13.7. The standard InChI is InChI=1S/C17H25NO3/c1-3-12-21-15-8-6-14(7-9-15)13-18-11-5-4-10-17(18,2)16(19)20/h6-9H,3-5,10-13H2,1-2H3,(H,19,20). The minimum atomic E-state index is -0.740. The van der Waals surface area contributed by atoms with E-state index in [1.807, 2.05) is 31.2 Å². The summed E-state index contributed by atoms with van der Waals surface area (Å²) in [5.41, 5.74) is 0.392. The van der Waals surface area contributed by atoms with Crippen molar-refractivity contribution in [1.82, 2.24) is 4.90 Å². The molecule has 1 aliphatic rings. The molecule has 1 aromatic rings. The molecule has 0 aromatic heterocycles. The Morgan fingerprint density at radius 2 is 2.05 bits per heavy atom. The monoisotopic (exact) mass is 291 g/mol. The zero-order valence-electron chi connectivity index (χ0n) is 13.0. The Labute approximate surface area is 126 Å². The maximum absolute atomic E-state index is 11.6. The molecule has 0 saturated carbocycles. The zero-order chi connectivity index (χ0) is 15.3. The minimum absolute atomic E-state index is 0.677. The molecule has 21 heavy (non-hydrogen) atoms. The van der Waals surface area contributed by atoms with E-state index in [4.69, 9.17) is 4.74 Å². The van der Waals surface area contributed by atoms with Crippen molar-refractivity contribution >= 4 is 5.97 Å². The molecule has 1 fully saturated rings. The van der Waals surface area contributed by atoms with E-state index in [9.17, 15) is 9.90 Å². The van der Waals surface area contributed by atoms with Gasteiger partial charge in [0.05, 0.1) is 6.61 Å². The average Bonchev–Trinajstić information content (AvgIpc) is 2.49. The van der Waals surface area contributed by atoms with Gasteiger partial charge in [-0.1, -0.05) is 19.1 Å². The van der Waals surface area contributed by atoms with Crippen LogP contribution >= 0.6 is 0 Å². The second-order valence-corrected chi connectivity index (χ2v) is 5.95. The van der Waals surface area contributed by atoms with Crippen LogP contribution in [0.2, 0.25) is 0 Å². The molecule has 1 aliphatic heterocycles. The van der Waals surface area contributed by atoms with Crippen molar-refractivity contribution in [1.29, 1.82) is 0 Å². The first-order valence-corrected chi connectivity index (χ1v) is 7.76. The number of piperidine rings is 1. The van der Waals surface area contributed by atoms with Gasteiger partial charge in [0.15, 0.2) is 0 Å². The smallest absolute Gasteiger partial charge is 0.323 e. The molecular formula is C17H25NO3. The van der Waals surface area contributed by atoms with Crippen LogP contribution in [-0.2, 0) is 11.3 Å². The Kier molecular flexibility index (Phi) is 5.23. The first-order chi connectivity index (χ1) is 10.1. The fraction of sp³-hybridized carbons (Fsp3) is 0.588. The SMILES string of the molecule is CCCOc1ccc(CN2CCCCC2(C)C(=O)O)cc1. The minimum Gasteiger partial charge on any atom is -0.494 e. The predicted molar refractivity (Wildman–Crippen MR) is 82.5 cm³/mol. The molecule has 1 unspecified atom stereocenters.